The van der Waals surface area contributed by atoms with E-state index in [4.69, 9.17) is 0 Å². The van der Waals surface area contributed by atoms with Gasteiger partial charge in [-0.2, -0.15) is 11.8 Å². The van der Waals surface area contributed by atoms with Crippen LogP contribution in [0.25, 0.3) is 0 Å². The number of aliphatic hydroxyl groups is 1. The quantitative estimate of drug-likeness (QED) is 0.669. The summed E-state index contributed by atoms with van der Waals surface area (Å²) in [6.45, 7) is 0. The monoisotopic (exact) mass is 190 g/mol. The summed E-state index contributed by atoms with van der Waals surface area (Å²) < 4.78 is 4.47. The molecule has 70 valence electrons. The zero-order valence-corrected chi connectivity index (χ0v) is 7.97. The molecule has 1 heterocycles. The molecule has 2 atom stereocenters. The third-order valence-electron chi connectivity index (χ3n) is 2.00. The summed E-state index contributed by atoms with van der Waals surface area (Å²) in [6.07, 6.45) is 1.77. The number of ether oxygens (including phenoxy) is 1. The van der Waals surface area contributed by atoms with Crippen LogP contribution in [0, 0.1) is 0 Å². The van der Waals surface area contributed by atoms with Gasteiger partial charge in [0.05, 0.1) is 19.6 Å². The van der Waals surface area contributed by atoms with Crippen LogP contribution in [0.2, 0.25) is 0 Å². The lowest BCUT2D eigenvalue weighted by molar-refractivity contribution is -0.142. The first kappa shape index (κ1) is 9.86. The first-order valence-electron chi connectivity index (χ1n) is 4.10. The van der Waals surface area contributed by atoms with Crippen molar-refractivity contribution >= 4 is 17.7 Å². The summed E-state index contributed by atoms with van der Waals surface area (Å²) in [4.78, 5) is 10.8. The molecule has 4 heteroatoms. The predicted molar refractivity (Wildman–Crippen MR) is 48.1 cm³/mol. The van der Waals surface area contributed by atoms with Crippen molar-refractivity contribution in [3.8, 4) is 0 Å². The first-order valence-corrected chi connectivity index (χ1v) is 5.15. The molecule has 1 unspecified atom stereocenters. The minimum absolute atomic E-state index is 0.133. The number of carbonyl (C=O) groups is 1. The number of rotatable bonds is 3. The summed E-state index contributed by atoms with van der Waals surface area (Å²) in [6, 6.07) is 0. The second-order valence-electron chi connectivity index (χ2n) is 2.90. The van der Waals surface area contributed by atoms with Gasteiger partial charge in [0.1, 0.15) is 0 Å². The predicted octanol–water partition coefficient (Wildman–Crippen LogP) is 0.806. The van der Waals surface area contributed by atoms with E-state index < -0.39 is 6.10 Å². The van der Waals surface area contributed by atoms with Gasteiger partial charge >= 0.3 is 5.97 Å². The van der Waals surface area contributed by atoms with E-state index in [1.807, 2.05) is 0 Å². The second kappa shape index (κ2) is 4.72. The summed E-state index contributed by atoms with van der Waals surface area (Å²) in [5, 5.41) is 9.77. The summed E-state index contributed by atoms with van der Waals surface area (Å²) in [5.41, 5.74) is 0. The molecular formula is C8H14O3S. The minimum atomic E-state index is -0.523. The molecule has 0 aromatic rings. The standard InChI is InChI=1S/C8H14O3S/c1-11-8(10)5-6(9)7-3-2-4-12-7/h6-7,9H,2-5H2,1H3/t6-,7?/m1/s1. The molecule has 0 amide bonds. The molecule has 0 aromatic heterocycles. The molecular weight excluding hydrogens is 176 g/mol. The van der Waals surface area contributed by atoms with E-state index in [9.17, 15) is 9.90 Å². The molecule has 0 saturated carbocycles. The molecule has 0 aromatic carbocycles. The number of methoxy groups -OCH3 is 1. The van der Waals surface area contributed by atoms with Gasteiger partial charge < -0.3 is 9.84 Å². The number of esters is 1. The molecule has 1 rings (SSSR count). The lowest BCUT2D eigenvalue weighted by Crippen LogP contribution is -2.24. The highest BCUT2D eigenvalue weighted by Crippen LogP contribution is 2.29. The van der Waals surface area contributed by atoms with E-state index in [0.29, 0.717) is 0 Å². The van der Waals surface area contributed by atoms with Crippen LogP contribution in [-0.2, 0) is 9.53 Å². The van der Waals surface area contributed by atoms with Gasteiger partial charge in [-0.05, 0) is 18.6 Å². The minimum Gasteiger partial charge on any atom is -0.469 e. The van der Waals surface area contributed by atoms with E-state index in [-0.39, 0.29) is 17.6 Å². The van der Waals surface area contributed by atoms with Crippen molar-refractivity contribution in [1.29, 1.82) is 0 Å². The van der Waals surface area contributed by atoms with Crippen LogP contribution in [0.5, 0.6) is 0 Å². The number of carbonyl (C=O) groups excluding carboxylic acids is 1. The molecule has 1 fully saturated rings. The third-order valence-corrected chi connectivity index (χ3v) is 3.50. The van der Waals surface area contributed by atoms with Gasteiger partial charge in [-0.1, -0.05) is 0 Å². The topological polar surface area (TPSA) is 46.5 Å². The molecule has 0 radical (unpaired) electrons. The zero-order valence-electron chi connectivity index (χ0n) is 7.16. The van der Waals surface area contributed by atoms with E-state index >= 15 is 0 Å². The van der Waals surface area contributed by atoms with Crippen molar-refractivity contribution in [2.24, 2.45) is 0 Å². The van der Waals surface area contributed by atoms with Gasteiger partial charge in [-0.3, -0.25) is 4.79 Å². The maximum Gasteiger partial charge on any atom is 0.308 e. The fourth-order valence-corrected chi connectivity index (χ4v) is 2.58. The number of hydrogen-bond acceptors (Lipinski definition) is 4. The van der Waals surface area contributed by atoms with Crippen LogP contribution in [0.15, 0.2) is 0 Å². The molecule has 0 bridgehead atoms. The molecule has 3 nitrogen and oxygen atoms in total. The highest BCUT2D eigenvalue weighted by atomic mass is 32.2. The summed E-state index contributed by atoms with van der Waals surface area (Å²) in [5.74, 6) is 0.776. The Balaban J connectivity index is 2.26. The SMILES string of the molecule is COC(=O)C[C@@H](O)C1CCCS1. The smallest absolute Gasteiger partial charge is 0.308 e. The van der Waals surface area contributed by atoms with E-state index in [1.165, 1.54) is 7.11 Å². The Kier molecular flexibility index (Phi) is 3.88. The van der Waals surface area contributed by atoms with Gasteiger partial charge in [0.25, 0.3) is 0 Å². The van der Waals surface area contributed by atoms with Gasteiger partial charge in [-0.25, -0.2) is 0 Å². The molecule has 0 aliphatic carbocycles. The van der Waals surface area contributed by atoms with Gasteiger partial charge in [0.15, 0.2) is 0 Å². The molecule has 1 aliphatic heterocycles. The summed E-state index contributed by atoms with van der Waals surface area (Å²) >= 11 is 1.75. The Morgan fingerprint density at radius 3 is 3.08 bits per heavy atom. The lowest BCUT2D eigenvalue weighted by Gasteiger charge is -2.14. The first-order chi connectivity index (χ1) is 5.74. The van der Waals surface area contributed by atoms with E-state index in [2.05, 4.69) is 4.74 Å². The maximum atomic E-state index is 10.8. The van der Waals surface area contributed by atoms with E-state index in [0.717, 1.165) is 18.6 Å². The largest absolute Gasteiger partial charge is 0.469 e. The molecule has 0 spiro atoms. The van der Waals surface area contributed by atoms with Crippen LogP contribution in [0.1, 0.15) is 19.3 Å². The number of hydrogen-bond donors (Lipinski definition) is 1. The van der Waals surface area contributed by atoms with Crippen LogP contribution >= 0.6 is 11.8 Å². The van der Waals surface area contributed by atoms with Gasteiger partial charge in [0.2, 0.25) is 0 Å². The van der Waals surface area contributed by atoms with Crippen molar-refractivity contribution < 1.29 is 14.6 Å². The van der Waals surface area contributed by atoms with E-state index in [1.54, 1.807) is 11.8 Å². The average molecular weight is 190 g/mol. The van der Waals surface area contributed by atoms with Crippen molar-refractivity contribution in [2.75, 3.05) is 12.9 Å². The van der Waals surface area contributed by atoms with Gasteiger partial charge in [-0.15, -0.1) is 0 Å². The van der Waals surface area contributed by atoms with Crippen molar-refractivity contribution in [1.82, 2.24) is 0 Å². The van der Waals surface area contributed by atoms with Crippen LogP contribution in [0.3, 0.4) is 0 Å². The molecule has 1 saturated heterocycles. The van der Waals surface area contributed by atoms with Crippen molar-refractivity contribution in [2.45, 2.75) is 30.6 Å². The lowest BCUT2D eigenvalue weighted by atomic mass is 10.1. The molecule has 1 N–H and O–H groups in total. The Morgan fingerprint density at radius 1 is 1.83 bits per heavy atom. The van der Waals surface area contributed by atoms with Crippen LogP contribution in [0.4, 0.5) is 0 Å². The van der Waals surface area contributed by atoms with Crippen LogP contribution < -0.4 is 0 Å². The Bertz CT molecular complexity index is 154. The Labute approximate surface area is 76.5 Å². The maximum absolute atomic E-state index is 10.8. The summed E-state index contributed by atoms with van der Waals surface area (Å²) in [7, 11) is 1.34. The normalized spacial score (nSPS) is 25.3. The van der Waals surface area contributed by atoms with Crippen molar-refractivity contribution in [3.63, 3.8) is 0 Å². The fraction of sp³-hybridized carbons (Fsp3) is 0.875. The average Bonchev–Trinajstić information content (AvgIpc) is 2.56. The highest BCUT2D eigenvalue weighted by molar-refractivity contribution is 8.00. The Morgan fingerprint density at radius 2 is 2.58 bits per heavy atom. The molecule has 1 aliphatic rings. The van der Waals surface area contributed by atoms with Gasteiger partial charge in [0, 0.05) is 5.25 Å². The highest BCUT2D eigenvalue weighted by Gasteiger charge is 2.25. The molecule has 12 heavy (non-hydrogen) atoms. The Hall–Kier alpha value is -0.220. The third kappa shape index (κ3) is 2.68. The second-order valence-corrected chi connectivity index (χ2v) is 4.25. The number of aliphatic hydroxyl groups excluding tert-OH is 1. The zero-order chi connectivity index (χ0) is 8.97. The van der Waals surface area contributed by atoms with Crippen molar-refractivity contribution in [3.05, 3.63) is 0 Å². The number of thioether (sulfide) groups is 1. The van der Waals surface area contributed by atoms with Crippen LogP contribution in [-0.4, -0.2) is 35.3 Å². The fourth-order valence-electron chi connectivity index (χ4n) is 1.29.